The normalized spacial score (nSPS) is 18.5. The summed E-state index contributed by atoms with van der Waals surface area (Å²) in [6.45, 7) is 4.37. The van der Waals surface area contributed by atoms with Gasteiger partial charge in [0.05, 0.1) is 5.56 Å². The number of hydrogen-bond acceptors (Lipinski definition) is 5. The molecule has 0 amide bonds. The Balaban J connectivity index is 1.79. The van der Waals surface area contributed by atoms with Crippen molar-refractivity contribution in [3.63, 3.8) is 0 Å². The SMILES string of the molecule is CC(C)CCSc1nc2c(c(=O)[nH]1)[C@H](c1ccc(Br)cc1)C1=C(CCCC1=O)N2. The number of carbonyl (C=O) groups excluding carboxylic acids is 1. The third-order valence-corrected chi connectivity index (χ3v) is 6.81. The summed E-state index contributed by atoms with van der Waals surface area (Å²) >= 11 is 5.03. The molecule has 0 bridgehead atoms. The molecule has 2 N–H and O–H groups in total. The number of nitrogens with zero attached hydrogens (tertiary/aromatic N) is 1. The van der Waals surface area contributed by atoms with E-state index in [-0.39, 0.29) is 17.3 Å². The molecule has 1 aromatic carbocycles. The average molecular weight is 474 g/mol. The van der Waals surface area contributed by atoms with Gasteiger partial charge in [0.25, 0.3) is 5.56 Å². The number of aromatic amines is 1. The van der Waals surface area contributed by atoms with Crippen LogP contribution < -0.4 is 10.9 Å². The summed E-state index contributed by atoms with van der Waals surface area (Å²) in [5, 5.41) is 3.95. The summed E-state index contributed by atoms with van der Waals surface area (Å²) in [5.74, 6) is 1.83. The lowest BCUT2D eigenvalue weighted by atomic mass is 9.76. The van der Waals surface area contributed by atoms with E-state index in [0.717, 1.165) is 46.3 Å². The first-order chi connectivity index (χ1) is 13.9. The van der Waals surface area contributed by atoms with E-state index in [2.05, 4.69) is 40.1 Å². The van der Waals surface area contributed by atoms with Crippen molar-refractivity contribution in [3.8, 4) is 0 Å². The summed E-state index contributed by atoms with van der Waals surface area (Å²) in [6.07, 6.45) is 3.21. The van der Waals surface area contributed by atoms with Crippen LogP contribution in [0.25, 0.3) is 0 Å². The molecular formula is C22H24BrN3O2S. The van der Waals surface area contributed by atoms with Crippen LogP contribution in [0, 0.1) is 5.92 Å². The monoisotopic (exact) mass is 473 g/mol. The van der Waals surface area contributed by atoms with Crippen molar-refractivity contribution < 1.29 is 4.79 Å². The summed E-state index contributed by atoms with van der Waals surface area (Å²) in [7, 11) is 0. The van der Waals surface area contributed by atoms with Crippen molar-refractivity contribution in [2.45, 2.75) is 50.6 Å². The molecule has 0 radical (unpaired) electrons. The predicted octanol–water partition coefficient (Wildman–Crippen LogP) is 5.24. The second kappa shape index (κ2) is 8.48. The van der Waals surface area contributed by atoms with Gasteiger partial charge in [-0.2, -0.15) is 0 Å². The number of H-pyrrole nitrogens is 1. The number of rotatable bonds is 5. The van der Waals surface area contributed by atoms with Gasteiger partial charge in [0.1, 0.15) is 5.82 Å². The number of halogens is 1. The Kier molecular flexibility index (Phi) is 5.97. The molecule has 4 rings (SSSR count). The van der Waals surface area contributed by atoms with E-state index >= 15 is 0 Å². The maximum Gasteiger partial charge on any atom is 0.257 e. The fourth-order valence-electron chi connectivity index (χ4n) is 3.89. The number of hydrogen-bond donors (Lipinski definition) is 2. The van der Waals surface area contributed by atoms with Gasteiger partial charge in [-0.05, 0) is 42.9 Å². The molecule has 1 aliphatic carbocycles. The standard InChI is InChI=1S/C22H24BrN3O2S/c1-12(2)10-11-29-22-25-20-19(21(28)26-22)17(13-6-8-14(23)9-7-13)18-15(24-20)4-3-5-16(18)27/h6-9,12,17H,3-5,10-11H2,1-2H3,(H2,24,25,26,28)/t17-/m1/s1. The third kappa shape index (κ3) is 4.21. The Morgan fingerprint density at radius 3 is 2.69 bits per heavy atom. The van der Waals surface area contributed by atoms with Gasteiger partial charge in [-0.15, -0.1) is 0 Å². The summed E-state index contributed by atoms with van der Waals surface area (Å²) in [4.78, 5) is 33.6. The van der Waals surface area contributed by atoms with Gasteiger partial charge in [0.15, 0.2) is 10.9 Å². The van der Waals surface area contributed by atoms with E-state index in [1.807, 2.05) is 24.3 Å². The van der Waals surface area contributed by atoms with Crippen LogP contribution in [0.5, 0.6) is 0 Å². The Morgan fingerprint density at radius 2 is 1.97 bits per heavy atom. The first-order valence-electron chi connectivity index (χ1n) is 9.99. The molecule has 0 fully saturated rings. The molecule has 7 heteroatoms. The second-order valence-electron chi connectivity index (χ2n) is 7.94. The Hall–Kier alpha value is -1.86. The largest absolute Gasteiger partial charge is 0.343 e. The van der Waals surface area contributed by atoms with E-state index < -0.39 is 0 Å². The molecule has 2 heterocycles. The van der Waals surface area contributed by atoms with Gasteiger partial charge >= 0.3 is 0 Å². The highest BCUT2D eigenvalue weighted by atomic mass is 79.9. The van der Waals surface area contributed by atoms with E-state index in [1.54, 1.807) is 11.8 Å². The van der Waals surface area contributed by atoms with Gasteiger partial charge in [-0.1, -0.05) is 53.7 Å². The van der Waals surface area contributed by atoms with Crippen molar-refractivity contribution in [1.29, 1.82) is 0 Å². The highest BCUT2D eigenvalue weighted by molar-refractivity contribution is 9.10. The molecule has 1 atom stereocenters. The zero-order chi connectivity index (χ0) is 20.5. The molecule has 0 spiro atoms. The van der Waals surface area contributed by atoms with E-state index in [0.29, 0.717) is 28.9 Å². The van der Waals surface area contributed by atoms with Crippen molar-refractivity contribution in [2.24, 2.45) is 5.92 Å². The molecule has 152 valence electrons. The molecule has 29 heavy (non-hydrogen) atoms. The smallest absolute Gasteiger partial charge is 0.257 e. The number of nitrogens with one attached hydrogen (secondary N) is 2. The lowest BCUT2D eigenvalue weighted by Gasteiger charge is -2.32. The van der Waals surface area contributed by atoms with Crippen LogP contribution in [0.4, 0.5) is 5.82 Å². The number of benzene rings is 1. The van der Waals surface area contributed by atoms with Crippen LogP contribution in [-0.4, -0.2) is 21.5 Å². The Labute approximate surface area is 182 Å². The summed E-state index contributed by atoms with van der Waals surface area (Å²) in [6, 6.07) is 7.84. The number of anilines is 1. The van der Waals surface area contributed by atoms with Gasteiger partial charge in [-0.25, -0.2) is 4.98 Å². The average Bonchev–Trinajstić information content (AvgIpc) is 2.67. The lowest BCUT2D eigenvalue weighted by Crippen LogP contribution is -2.32. The second-order valence-corrected chi connectivity index (χ2v) is 9.94. The van der Waals surface area contributed by atoms with Crippen molar-refractivity contribution >= 4 is 39.3 Å². The molecule has 1 aliphatic heterocycles. The molecule has 2 aromatic rings. The van der Waals surface area contributed by atoms with Crippen LogP contribution in [0.1, 0.15) is 56.6 Å². The number of fused-ring (bicyclic) bond motifs is 1. The number of ketones is 1. The highest BCUT2D eigenvalue weighted by Gasteiger charge is 2.37. The first-order valence-corrected chi connectivity index (χ1v) is 11.8. The molecule has 2 aliphatic rings. The molecule has 5 nitrogen and oxygen atoms in total. The minimum absolute atomic E-state index is 0.118. The van der Waals surface area contributed by atoms with Crippen molar-refractivity contribution in [3.05, 3.63) is 61.5 Å². The maximum absolute atomic E-state index is 13.1. The Bertz CT molecular complexity index is 1030. The van der Waals surface area contributed by atoms with Crippen LogP contribution in [0.15, 0.2) is 50.0 Å². The van der Waals surface area contributed by atoms with Crippen LogP contribution in [-0.2, 0) is 4.79 Å². The number of allylic oxidation sites excluding steroid dienone is 2. The summed E-state index contributed by atoms with van der Waals surface area (Å²) < 4.78 is 0.962. The first kappa shape index (κ1) is 20.4. The molecule has 0 saturated heterocycles. The van der Waals surface area contributed by atoms with E-state index in [1.165, 1.54) is 0 Å². The zero-order valence-corrected chi connectivity index (χ0v) is 19.0. The third-order valence-electron chi connectivity index (χ3n) is 5.37. The van der Waals surface area contributed by atoms with E-state index in [9.17, 15) is 9.59 Å². The van der Waals surface area contributed by atoms with Crippen LogP contribution in [0.3, 0.4) is 0 Å². The topological polar surface area (TPSA) is 74.8 Å². The van der Waals surface area contributed by atoms with Crippen LogP contribution >= 0.6 is 27.7 Å². The van der Waals surface area contributed by atoms with Crippen molar-refractivity contribution in [1.82, 2.24) is 9.97 Å². The minimum Gasteiger partial charge on any atom is -0.343 e. The number of aromatic nitrogens is 2. The lowest BCUT2D eigenvalue weighted by molar-refractivity contribution is -0.116. The van der Waals surface area contributed by atoms with Crippen LogP contribution in [0.2, 0.25) is 0 Å². The quantitative estimate of drug-likeness (QED) is 0.458. The van der Waals surface area contributed by atoms with Gasteiger partial charge in [0, 0.05) is 33.8 Å². The minimum atomic E-state index is -0.381. The number of Topliss-reactive ketones (excluding diaryl/α,β-unsaturated/α-hetero) is 1. The predicted molar refractivity (Wildman–Crippen MR) is 121 cm³/mol. The summed E-state index contributed by atoms with van der Waals surface area (Å²) in [5.41, 5.74) is 2.93. The van der Waals surface area contributed by atoms with Gasteiger partial charge in [0.2, 0.25) is 0 Å². The molecule has 0 unspecified atom stereocenters. The molecular weight excluding hydrogens is 450 g/mol. The van der Waals surface area contributed by atoms with Gasteiger partial charge < -0.3 is 10.3 Å². The number of thioether (sulfide) groups is 1. The van der Waals surface area contributed by atoms with Crippen molar-refractivity contribution in [2.75, 3.05) is 11.1 Å². The molecule has 1 aromatic heterocycles. The maximum atomic E-state index is 13.1. The fourth-order valence-corrected chi connectivity index (χ4v) is 5.26. The Morgan fingerprint density at radius 1 is 1.21 bits per heavy atom. The van der Waals surface area contributed by atoms with E-state index in [4.69, 9.17) is 4.98 Å². The highest BCUT2D eigenvalue weighted by Crippen LogP contribution is 2.43. The molecule has 0 saturated carbocycles. The fraction of sp³-hybridized carbons (Fsp3) is 0.409. The number of carbonyl (C=O) groups is 1. The van der Waals surface area contributed by atoms with Gasteiger partial charge in [-0.3, -0.25) is 9.59 Å². The zero-order valence-electron chi connectivity index (χ0n) is 16.5.